The van der Waals surface area contributed by atoms with Crippen LogP contribution in [0.2, 0.25) is 5.02 Å². The minimum Gasteiger partial charge on any atom is -0.316 e. The minimum atomic E-state index is -0.273. The maximum Gasteiger partial charge on any atom is 0.133 e. The average Bonchev–Trinajstić information content (AvgIpc) is 2.67. The molecule has 16 heavy (non-hydrogen) atoms. The normalized spacial score (nSPS) is 10.7. The summed E-state index contributed by atoms with van der Waals surface area (Å²) in [4.78, 5) is 0.930. The van der Waals surface area contributed by atoms with Crippen LogP contribution in [0, 0.1) is 5.82 Å². The van der Waals surface area contributed by atoms with E-state index in [2.05, 4.69) is 5.32 Å². The monoisotopic (exact) mass is 255 g/mol. The first-order chi connectivity index (χ1) is 7.70. The summed E-state index contributed by atoms with van der Waals surface area (Å²) in [5.41, 5.74) is 1.77. The smallest absolute Gasteiger partial charge is 0.133 e. The molecule has 0 radical (unpaired) electrons. The maximum absolute atomic E-state index is 13.6. The van der Waals surface area contributed by atoms with Crippen molar-refractivity contribution in [1.82, 2.24) is 5.32 Å². The van der Waals surface area contributed by atoms with Crippen molar-refractivity contribution in [2.24, 2.45) is 0 Å². The molecule has 0 aliphatic rings. The van der Waals surface area contributed by atoms with Crippen molar-refractivity contribution in [3.63, 3.8) is 0 Å². The van der Waals surface area contributed by atoms with Crippen LogP contribution >= 0.6 is 22.9 Å². The van der Waals surface area contributed by atoms with Crippen LogP contribution in [0.1, 0.15) is 5.56 Å². The number of hydrogen-bond donors (Lipinski definition) is 1. The molecule has 2 rings (SSSR count). The van der Waals surface area contributed by atoms with Gasteiger partial charge in [0.15, 0.2) is 0 Å². The molecule has 0 spiro atoms. The van der Waals surface area contributed by atoms with Crippen LogP contribution in [0.3, 0.4) is 0 Å². The number of benzene rings is 1. The van der Waals surface area contributed by atoms with E-state index in [0.29, 0.717) is 10.6 Å². The molecule has 0 bridgehead atoms. The third-order valence-electron chi connectivity index (χ3n) is 2.23. The highest BCUT2D eigenvalue weighted by atomic mass is 35.5. The van der Waals surface area contributed by atoms with Gasteiger partial charge in [0.2, 0.25) is 0 Å². The molecule has 1 N–H and O–H groups in total. The van der Waals surface area contributed by atoms with Crippen LogP contribution in [0.5, 0.6) is 0 Å². The van der Waals surface area contributed by atoms with Gasteiger partial charge in [-0.25, -0.2) is 4.39 Å². The van der Waals surface area contributed by atoms with Gasteiger partial charge in [-0.1, -0.05) is 11.6 Å². The van der Waals surface area contributed by atoms with E-state index in [4.69, 9.17) is 11.6 Å². The first-order valence-electron chi connectivity index (χ1n) is 4.88. The van der Waals surface area contributed by atoms with Gasteiger partial charge in [0.1, 0.15) is 5.82 Å². The zero-order valence-corrected chi connectivity index (χ0v) is 10.3. The van der Waals surface area contributed by atoms with E-state index in [1.165, 1.54) is 17.4 Å². The summed E-state index contributed by atoms with van der Waals surface area (Å²) in [6, 6.07) is 6.76. The van der Waals surface area contributed by atoms with Crippen LogP contribution in [-0.2, 0) is 6.54 Å². The van der Waals surface area contributed by atoms with Crippen molar-refractivity contribution in [1.29, 1.82) is 0 Å². The molecule has 2 aromatic rings. The molecule has 0 aliphatic heterocycles. The Morgan fingerprint density at radius 3 is 2.88 bits per heavy atom. The van der Waals surface area contributed by atoms with E-state index >= 15 is 0 Å². The summed E-state index contributed by atoms with van der Waals surface area (Å²) in [6.07, 6.45) is 0. The standard InChI is InChI=1S/C12H11ClFNS/c1-15-6-8-4-12(16-7-8)10-3-2-9(13)5-11(10)14/h2-5,7,15H,6H2,1H3. The Labute approximate surface area is 103 Å². The summed E-state index contributed by atoms with van der Waals surface area (Å²) >= 11 is 7.25. The van der Waals surface area contributed by atoms with E-state index < -0.39 is 0 Å². The van der Waals surface area contributed by atoms with Gasteiger partial charge in [0, 0.05) is 22.0 Å². The van der Waals surface area contributed by atoms with Crippen LogP contribution in [-0.4, -0.2) is 7.05 Å². The summed E-state index contributed by atoms with van der Waals surface area (Å²) in [5, 5.41) is 5.52. The molecular formula is C12H11ClFNS. The fourth-order valence-corrected chi connectivity index (χ4v) is 2.60. The minimum absolute atomic E-state index is 0.273. The summed E-state index contributed by atoms with van der Waals surface area (Å²) in [5.74, 6) is -0.273. The third-order valence-corrected chi connectivity index (χ3v) is 3.48. The second-order valence-electron chi connectivity index (χ2n) is 3.47. The van der Waals surface area contributed by atoms with Crippen molar-refractivity contribution in [2.45, 2.75) is 6.54 Å². The first kappa shape index (κ1) is 11.6. The zero-order valence-electron chi connectivity index (χ0n) is 8.76. The summed E-state index contributed by atoms with van der Waals surface area (Å²) in [7, 11) is 1.89. The van der Waals surface area contributed by atoms with E-state index in [-0.39, 0.29) is 5.82 Å². The SMILES string of the molecule is CNCc1csc(-c2ccc(Cl)cc2F)c1. The fraction of sp³-hybridized carbons (Fsp3) is 0.167. The summed E-state index contributed by atoms with van der Waals surface area (Å²) < 4.78 is 13.6. The zero-order chi connectivity index (χ0) is 11.5. The van der Waals surface area contributed by atoms with Gasteiger partial charge in [-0.15, -0.1) is 11.3 Å². The van der Waals surface area contributed by atoms with E-state index in [1.807, 2.05) is 18.5 Å². The Bertz CT molecular complexity index is 496. The predicted octanol–water partition coefficient (Wildman–Crippen LogP) is 3.93. The molecule has 0 fully saturated rings. The second kappa shape index (κ2) is 4.95. The summed E-state index contributed by atoms with van der Waals surface area (Å²) in [6.45, 7) is 0.797. The molecule has 1 nitrogen and oxygen atoms in total. The third kappa shape index (κ3) is 2.43. The van der Waals surface area contributed by atoms with Gasteiger partial charge in [0.25, 0.3) is 0 Å². The first-order valence-corrected chi connectivity index (χ1v) is 6.14. The van der Waals surface area contributed by atoms with E-state index in [0.717, 1.165) is 17.0 Å². The Morgan fingerprint density at radius 1 is 1.38 bits per heavy atom. The second-order valence-corrected chi connectivity index (χ2v) is 4.82. The quantitative estimate of drug-likeness (QED) is 0.876. The molecule has 1 aromatic carbocycles. The molecule has 0 unspecified atom stereocenters. The lowest BCUT2D eigenvalue weighted by Crippen LogP contribution is -2.03. The molecule has 0 atom stereocenters. The number of thiophene rings is 1. The van der Waals surface area contributed by atoms with Gasteiger partial charge in [0.05, 0.1) is 0 Å². The Hall–Kier alpha value is -0.900. The fourth-order valence-electron chi connectivity index (χ4n) is 1.50. The van der Waals surface area contributed by atoms with Gasteiger partial charge in [-0.05, 0) is 42.3 Å². The maximum atomic E-state index is 13.6. The molecule has 0 amide bonds. The highest BCUT2D eigenvalue weighted by molar-refractivity contribution is 7.13. The highest BCUT2D eigenvalue weighted by Crippen LogP contribution is 2.30. The lowest BCUT2D eigenvalue weighted by atomic mass is 10.1. The van der Waals surface area contributed by atoms with Gasteiger partial charge in [-0.2, -0.15) is 0 Å². The Kier molecular flexibility index (Phi) is 3.59. The number of rotatable bonds is 3. The number of nitrogens with one attached hydrogen (secondary N) is 1. The van der Waals surface area contributed by atoms with E-state index in [1.54, 1.807) is 12.1 Å². The molecule has 4 heteroatoms. The average molecular weight is 256 g/mol. The van der Waals surface area contributed by atoms with Crippen molar-refractivity contribution in [3.8, 4) is 10.4 Å². The predicted molar refractivity (Wildman–Crippen MR) is 67.5 cm³/mol. The number of hydrogen-bond acceptors (Lipinski definition) is 2. The van der Waals surface area contributed by atoms with Crippen LogP contribution in [0.15, 0.2) is 29.6 Å². The van der Waals surface area contributed by atoms with Gasteiger partial charge in [-0.3, -0.25) is 0 Å². The van der Waals surface area contributed by atoms with Crippen LogP contribution in [0.25, 0.3) is 10.4 Å². The molecule has 84 valence electrons. The van der Waals surface area contributed by atoms with Gasteiger partial charge < -0.3 is 5.32 Å². The lowest BCUT2D eigenvalue weighted by molar-refractivity contribution is 0.632. The lowest BCUT2D eigenvalue weighted by Gasteiger charge is -2.00. The number of halogens is 2. The Morgan fingerprint density at radius 2 is 2.19 bits per heavy atom. The van der Waals surface area contributed by atoms with Crippen molar-refractivity contribution < 1.29 is 4.39 Å². The molecule has 1 heterocycles. The molecule has 0 saturated carbocycles. The van der Waals surface area contributed by atoms with Crippen molar-refractivity contribution in [3.05, 3.63) is 46.0 Å². The van der Waals surface area contributed by atoms with Gasteiger partial charge >= 0.3 is 0 Å². The van der Waals surface area contributed by atoms with Crippen molar-refractivity contribution >= 4 is 22.9 Å². The van der Waals surface area contributed by atoms with Crippen LogP contribution < -0.4 is 5.32 Å². The molecule has 0 saturated heterocycles. The molecule has 0 aliphatic carbocycles. The Balaban J connectivity index is 2.35. The highest BCUT2D eigenvalue weighted by Gasteiger charge is 2.08. The largest absolute Gasteiger partial charge is 0.316 e. The van der Waals surface area contributed by atoms with Crippen molar-refractivity contribution in [2.75, 3.05) is 7.05 Å². The van der Waals surface area contributed by atoms with Crippen LogP contribution in [0.4, 0.5) is 4.39 Å². The topological polar surface area (TPSA) is 12.0 Å². The molecule has 1 aromatic heterocycles. The van der Waals surface area contributed by atoms with E-state index in [9.17, 15) is 4.39 Å². The molecular weight excluding hydrogens is 245 g/mol.